The number of unbranched alkanes of at least 4 members (excludes halogenated alkanes) is 3. The van der Waals surface area contributed by atoms with E-state index in [9.17, 15) is 9.90 Å². The predicted octanol–water partition coefficient (Wildman–Crippen LogP) is 5.40. The van der Waals surface area contributed by atoms with Crippen molar-refractivity contribution in [2.75, 3.05) is 11.9 Å². The van der Waals surface area contributed by atoms with E-state index in [0.29, 0.717) is 25.1 Å². The molecule has 2 N–H and O–H groups in total. The third-order valence-electron chi connectivity index (χ3n) is 6.15. The molecule has 0 spiro atoms. The van der Waals surface area contributed by atoms with Crippen LogP contribution in [0.2, 0.25) is 0 Å². The monoisotopic (exact) mass is 375 g/mol. The number of hydrogen-bond donors (Lipinski definition) is 2. The Hall–Kier alpha value is -1.39. The van der Waals surface area contributed by atoms with Gasteiger partial charge in [-0.1, -0.05) is 71.1 Å². The summed E-state index contributed by atoms with van der Waals surface area (Å²) < 4.78 is 6.35. The minimum Gasteiger partial charge on any atom is -0.385 e. The molecule has 0 radical (unpaired) electrons. The number of nitrogens with one attached hydrogen (secondary N) is 1. The van der Waals surface area contributed by atoms with Gasteiger partial charge in [0.1, 0.15) is 5.60 Å². The zero-order chi connectivity index (χ0) is 19.9. The van der Waals surface area contributed by atoms with Crippen LogP contribution in [0.1, 0.15) is 84.6 Å². The van der Waals surface area contributed by atoms with Gasteiger partial charge in [0.25, 0.3) is 5.91 Å². The number of rotatable bonds is 8. The molecule has 1 aromatic rings. The summed E-state index contributed by atoms with van der Waals surface area (Å²) in [5.74, 6) is -0.138. The molecule has 1 amide bonds. The summed E-state index contributed by atoms with van der Waals surface area (Å²) in [5.41, 5.74) is -0.391. The first kappa shape index (κ1) is 21.9. The molecule has 2 rings (SSSR count). The van der Waals surface area contributed by atoms with Gasteiger partial charge in [0.2, 0.25) is 0 Å². The molecule has 1 heterocycles. The molecule has 1 aliphatic heterocycles. The minimum absolute atomic E-state index is 0.0505. The second-order valence-corrected chi connectivity index (χ2v) is 8.10. The van der Waals surface area contributed by atoms with E-state index < -0.39 is 11.2 Å². The average molecular weight is 376 g/mol. The smallest absolute Gasteiger partial charge is 0.256 e. The van der Waals surface area contributed by atoms with Gasteiger partial charge in [0.05, 0.1) is 12.2 Å². The molecule has 0 saturated heterocycles. The second kappa shape index (κ2) is 9.70. The Morgan fingerprint density at radius 1 is 1.15 bits per heavy atom. The zero-order valence-corrected chi connectivity index (χ0v) is 17.5. The Balaban J connectivity index is 2.44. The van der Waals surface area contributed by atoms with Crippen molar-refractivity contribution in [1.29, 1.82) is 0 Å². The van der Waals surface area contributed by atoms with Crippen LogP contribution in [0.3, 0.4) is 0 Å². The van der Waals surface area contributed by atoms with Crippen molar-refractivity contribution < 1.29 is 14.6 Å². The Bertz CT molecular complexity index is 613. The van der Waals surface area contributed by atoms with Crippen molar-refractivity contribution in [3.05, 3.63) is 29.8 Å². The first-order valence-electron chi connectivity index (χ1n) is 10.7. The van der Waals surface area contributed by atoms with Crippen LogP contribution in [0, 0.1) is 5.92 Å². The molecule has 4 heteroatoms. The van der Waals surface area contributed by atoms with E-state index in [4.69, 9.17) is 4.74 Å². The maximum Gasteiger partial charge on any atom is 0.256 e. The quantitative estimate of drug-likeness (QED) is 0.598. The molecular formula is C23H37NO3. The van der Waals surface area contributed by atoms with E-state index in [0.717, 1.165) is 44.1 Å². The summed E-state index contributed by atoms with van der Waals surface area (Å²) in [6.07, 6.45) is 7.52. The van der Waals surface area contributed by atoms with E-state index in [-0.39, 0.29) is 11.8 Å². The number of carbonyl (C=O) groups excluding carboxylic acids is 1. The lowest BCUT2D eigenvalue weighted by Gasteiger charge is -2.36. The van der Waals surface area contributed by atoms with Crippen molar-refractivity contribution in [3.63, 3.8) is 0 Å². The standard InChI is InChI=1S/C23H37NO3/c1-5-8-10-13-18-17-27-23(7-3,16-9-6-2)21(25)24-20-15-12-11-14-19(20)22(18,4)26/h11-12,14-15,18,26H,5-10,13,16-17H2,1-4H3,(H,24,25). The number of anilines is 1. The van der Waals surface area contributed by atoms with Crippen LogP contribution in [-0.2, 0) is 15.1 Å². The van der Waals surface area contributed by atoms with E-state index in [1.807, 2.05) is 38.1 Å². The Labute approximate surface area is 164 Å². The molecule has 3 unspecified atom stereocenters. The number of hydrogen-bond acceptors (Lipinski definition) is 3. The van der Waals surface area contributed by atoms with Crippen LogP contribution in [0.25, 0.3) is 0 Å². The van der Waals surface area contributed by atoms with Crippen LogP contribution < -0.4 is 5.32 Å². The van der Waals surface area contributed by atoms with Gasteiger partial charge in [-0.05, 0) is 32.3 Å². The molecule has 4 nitrogen and oxygen atoms in total. The van der Waals surface area contributed by atoms with Gasteiger partial charge in [-0.3, -0.25) is 4.79 Å². The average Bonchev–Trinajstić information content (AvgIpc) is 2.69. The van der Waals surface area contributed by atoms with Crippen molar-refractivity contribution in [1.82, 2.24) is 0 Å². The predicted molar refractivity (Wildman–Crippen MR) is 111 cm³/mol. The highest BCUT2D eigenvalue weighted by atomic mass is 16.5. The normalized spacial score (nSPS) is 28.6. The fourth-order valence-electron chi connectivity index (χ4n) is 4.07. The lowest BCUT2D eigenvalue weighted by atomic mass is 9.79. The highest BCUT2D eigenvalue weighted by molar-refractivity contribution is 5.98. The number of amides is 1. The summed E-state index contributed by atoms with van der Waals surface area (Å²) in [7, 11) is 0. The van der Waals surface area contributed by atoms with E-state index in [1.165, 1.54) is 0 Å². The molecule has 0 fully saturated rings. The van der Waals surface area contributed by atoms with Crippen molar-refractivity contribution in [2.45, 2.75) is 90.3 Å². The second-order valence-electron chi connectivity index (χ2n) is 8.10. The zero-order valence-electron chi connectivity index (χ0n) is 17.5. The fourth-order valence-corrected chi connectivity index (χ4v) is 4.07. The van der Waals surface area contributed by atoms with Crippen molar-refractivity contribution in [2.24, 2.45) is 5.92 Å². The van der Waals surface area contributed by atoms with E-state index >= 15 is 0 Å². The first-order chi connectivity index (χ1) is 12.9. The molecule has 0 saturated carbocycles. The van der Waals surface area contributed by atoms with Gasteiger partial charge in [0.15, 0.2) is 0 Å². The van der Waals surface area contributed by atoms with Gasteiger partial charge >= 0.3 is 0 Å². The SMILES string of the molecule is CCCCCC1COC(CC)(CCCC)C(=O)Nc2ccccc2C1(C)O. The Morgan fingerprint density at radius 3 is 2.52 bits per heavy atom. The van der Waals surface area contributed by atoms with Gasteiger partial charge in [-0.15, -0.1) is 0 Å². The molecular weight excluding hydrogens is 338 g/mol. The summed E-state index contributed by atoms with van der Waals surface area (Å²) in [6, 6.07) is 7.63. The highest BCUT2D eigenvalue weighted by Crippen LogP contribution is 2.40. The van der Waals surface area contributed by atoms with Crippen LogP contribution >= 0.6 is 0 Å². The molecule has 0 bridgehead atoms. The lowest BCUT2D eigenvalue weighted by Crippen LogP contribution is -2.46. The Morgan fingerprint density at radius 2 is 1.85 bits per heavy atom. The number of ether oxygens (including phenoxy) is 1. The summed E-state index contributed by atoms with van der Waals surface area (Å²) in [6.45, 7) is 8.59. The van der Waals surface area contributed by atoms with Crippen LogP contribution in [0.15, 0.2) is 24.3 Å². The molecule has 152 valence electrons. The lowest BCUT2D eigenvalue weighted by molar-refractivity contribution is -0.151. The van der Waals surface area contributed by atoms with Crippen LogP contribution in [0.4, 0.5) is 5.69 Å². The van der Waals surface area contributed by atoms with Gasteiger partial charge in [-0.25, -0.2) is 0 Å². The number of fused-ring (bicyclic) bond motifs is 1. The summed E-state index contributed by atoms with van der Waals surface area (Å²) >= 11 is 0. The fraction of sp³-hybridized carbons (Fsp3) is 0.696. The topological polar surface area (TPSA) is 58.6 Å². The minimum atomic E-state index is -1.05. The van der Waals surface area contributed by atoms with E-state index in [2.05, 4.69) is 19.2 Å². The van der Waals surface area contributed by atoms with Gasteiger partial charge in [0, 0.05) is 17.2 Å². The largest absolute Gasteiger partial charge is 0.385 e. The van der Waals surface area contributed by atoms with Crippen molar-refractivity contribution in [3.8, 4) is 0 Å². The summed E-state index contributed by atoms with van der Waals surface area (Å²) in [5, 5.41) is 14.6. The van der Waals surface area contributed by atoms with Gasteiger partial charge in [-0.2, -0.15) is 0 Å². The van der Waals surface area contributed by atoms with Crippen LogP contribution in [0.5, 0.6) is 0 Å². The van der Waals surface area contributed by atoms with Crippen LogP contribution in [-0.4, -0.2) is 23.2 Å². The third-order valence-corrected chi connectivity index (χ3v) is 6.15. The highest BCUT2D eigenvalue weighted by Gasteiger charge is 2.43. The molecule has 27 heavy (non-hydrogen) atoms. The number of aliphatic hydroxyl groups is 1. The first-order valence-corrected chi connectivity index (χ1v) is 10.7. The van der Waals surface area contributed by atoms with Gasteiger partial charge < -0.3 is 15.2 Å². The summed E-state index contributed by atoms with van der Waals surface area (Å²) in [4.78, 5) is 13.2. The maximum atomic E-state index is 13.2. The Kier molecular flexibility index (Phi) is 7.87. The molecule has 1 aliphatic rings. The van der Waals surface area contributed by atoms with Crippen molar-refractivity contribution >= 4 is 11.6 Å². The molecule has 1 aromatic carbocycles. The number of carbonyl (C=O) groups is 1. The third kappa shape index (κ3) is 4.91. The van der Waals surface area contributed by atoms with E-state index in [1.54, 1.807) is 0 Å². The molecule has 3 atom stereocenters. The molecule has 0 aliphatic carbocycles. The maximum absolute atomic E-state index is 13.2. The number of benzene rings is 1. The number of para-hydroxylation sites is 1. The molecule has 0 aromatic heterocycles.